The molecule has 5 nitrogen and oxygen atoms in total. The number of hydrogen-bond acceptors (Lipinski definition) is 4. The van der Waals surface area contributed by atoms with Gasteiger partial charge in [-0.05, 0) is 6.07 Å². The number of rotatable bonds is 7. The molecule has 3 rings (SSSR count). The largest absolute Gasteiger partial charge is 0.366 e. The molecule has 0 fully saturated rings. The van der Waals surface area contributed by atoms with Crippen LogP contribution in [0.2, 0.25) is 0 Å². The van der Waals surface area contributed by atoms with Gasteiger partial charge in [0, 0.05) is 30.3 Å². The predicted octanol–water partition coefficient (Wildman–Crippen LogP) is 3.81. The maximum atomic E-state index is 13.7. The lowest BCUT2D eigenvalue weighted by Gasteiger charge is -2.10. The van der Waals surface area contributed by atoms with Crippen LogP contribution in [0.4, 0.5) is 10.2 Å². The highest BCUT2D eigenvalue weighted by atomic mass is 19.1. The Hall–Kier alpha value is -3.54. The minimum atomic E-state index is -0.403. The zero-order valence-electron chi connectivity index (χ0n) is 14.7. The van der Waals surface area contributed by atoms with Crippen LogP contribution in [0.1, 0.15) is 16.1 Å². The van der Waals surface area contributed by atoms with Gasteiger partial charge in [0.05, 0.1) is 0 Å². The molecule has 0 bridgehead atoms. The van der Waals surface area contributed by atoms with Crippen molar-refractivity contribution in [3.63, 3.8) is 0 Å². The molecule has 0 aliphatic carbocycles. The van der Waals surface area contributed by atoms with Crippen LogP contribution in [0.3, 0.4) is 0 Å². The summed E-state index contributed by atoms with van der Waals surface area (Å²) in [6.45, 7) is 4.24. The number of hydrogen-bond donors (Lipinski definition) is 2. The molecule has 0 saturated carbocycles. The molecule has 0 aliphatic rings. The first-order valence-corrected chi connectivity index (χ1v) is 8.48. The summed E-state index contributed by atoms with van der Waals surface area (Å²) in [4.78, 5) is 21.4. The fourth-order valence-corrected chi connectivity index (χ4v) is 2.46. The Morgan fingerprint density at radius 3 is 2.56 bits per heavy atom. The third kappa shape index (κ3) is 4.76. The normalized spacial score (nSPS) is 10.3. The van der Waals surface area contributed by atoms with Crippen LogP contribution in [0.25, 0.3) is 11.4 Å². The Labute approximate surface area is 157 Å². The highest BCUT2D eigenvalue weighted by Gasteiger charge is 2.13. The van der Waals surface area contributed by atoms with Crippen molar-refractivity contribution in [2.24, 2.45) is 0 Å². The van der Waals surface area contributed by atoms with E-state index < -0.39 is 5.91 Å². The van der Waals surface area contributed by atoms with Gasteiger partial charge in [0.1, 0.15) is 17.3 Å². The van der Waals surface area contributed by atoms with Crippen molar-refractivity contribution in [3.8, 4) is 11.4 Å². The van der Waals surface area contributed by atoms with Crippen LogP contribution < -0.4 is 10.6 Å². The van der Waals surface area contributed by atoms with Crippen LogP contribution in [0.5, 0.6) is 0 Å². The molecule has 0 saturated heterocycles. The quantitative estimate of drug-likeness (QED) is 0.627. The van der Waals surface area contributed by atoms with E-state index in [-0.39, 0.29) is 18.1 Å². The molecule has 0 atom stereocenters. The molecule has 0 radical (unpaired) electrons. The number of carbonyl (C=O) groups excluding carboxylic acids is 1. The van der Waals surface area contributed by atoms with Crippen molar-refractivity contribution in [2.45, 2.75) is 6.54 Å². The maximum Gasteiger partial charge on any atom is 0.270 e. The van der Waals surface area contributed by atoms with Crippen molar-refractivity contribution < 1.29 is 9.18 Å². The molecule has 0 spiro atoms. The molecule has 0 unspecified atom stereocenters. The van der Waals surface area contributed by atoms with Gasteiger partial charge in [-0.2, -0.15) is 0 Å². The van der Waals surface area contributed by atoms with E-state index in [4.69, 9.17) is 0 Å². The van der Waals surface area contributed by atoms with E-state index in [2.05, 4.69) is 27.2 Å². The lowest BCUT2D eigenvalue weighted by molar-refractivity contribution is 0.0945. The van der Waals surface area contributed by atoms with E-state index in [1.54, 1.807) is 30.3 Å². The molecule has 2 N–H and O–H groups in total. The minimum Gasteiger partial charge on any atom is -0.366 e. The molecule has 1 aromatic heterocycles. The summed E-state index contributed by atoms with van der Waals surface area (Å²) in [7, 11) is 0. The maximum absolute atomic E-state index is 13.7. The fraction of sp³-hybridized carbons (Fsp3) is 0.0952. The molecule has 1 amide bonds. The van der Waals surface area contributed by atoms with Gasteiger partial charge in [0.2, 0.25) is 0 Å². The first kappa shape index (κ1) is 18.3. The Bertz CT molecular complexity index is 944. The van der Waals surface area contributed by atoms with Crippen molar-refractivity contribution >= 4 is 11.7 Å². The monoisotopic (exact) mass is 362 g/mol. The van der Waals surface area contributed by atoms with E-state index in [9.17, 15) is 9.18 Å². The minimum absolute atomic E-state index is 0.0750. The second kappa shape index (κ2) is 8.71. The summed E-state index contributed by atoms with van der Waals surface area (Å²) in [6, 6.07) is 17.3. The summed E-state index contributed by atoms with van der Waals surface area (Å²) in [5, 5.41) is 5.77. The molecule has 2 aromatic carbocycles. The number of amides is 1. The van der Waals surface area contributed by atoms with E-state index in [1.807, 2.05) is 30.3 Å². The van der Waals surface area contributed by atoms with Gasteiger partial charge in [-0.25, -0.2) is 14.4 Å². The summed E-state index contributed by atoms with van der Waals surface area (Å²) in [5.74, 6) is 0.179. The van der Waals surface area contributed by atoms with Crippen molar-refractivity contribution in [1.82, 2.24) is 15.3 Å². The zero-order chi connectivity index (χ0) is 19.1. The lowest BCUT2D eigenvalue weighted by Crippen LogP contribution is -2.25. The molecule has 136 valence electrons. The summed E-state index contributed by atoms with van der Waals surface area (Å²) in [6.07, 6.45) is 1.70. The fourth-order valence-electron chi connectivity index (χ4n) is 2.46. The van der Waals surface area contributed by atoms with Gasteiger partial charge in [-0.15, -0.1) is 6.58 Å². The number of carbonyl (C=O) groups is 1. The third-order valence-corrected chi connectivity index (χ3v) is 3.82. The number of benzene rings is 2. The van der Waals surface area contributed by atoms with Gasteiger partial charge in [-0.3, -0.25) is 4.79 Å². The number of aromatic nitrogens is 2. The zero-order valence-corrected chi connectivity index (χ0v) is 14.7. The van der Waals surface area contributed by atoms with Crippen LogP contribution in [-0.4, -0.2) is 22.4 Å². The first-order chi connectivity index (χ1) is 13.2. The smallest absolute Gasteiger partial charge is 0.270 e. The lowest BCUT2D eigenvalue weighted by atomic mass is 10.2. The van der Waals surface area contributed by atoms with Crippen molar-refractivity contribution in [2.75, 3.05) is 11.9 Å². The van der Waals surface area contributed by atoms with Gasteiger partial charge >= 0.3 is 0 Å². The Kier molecular flexibility index (Phi) is 5.89. The van der Waals surface area contributed by atoms with E-state index in [1.165, 1.54) is 6.07 Å². The van der Waals surface area contributed by atoms with E-state index in [0.717, 1.165) is 5.56 Å². The topological polar surface area (TPSA) is 66.9 Å². The van der Waals surface area contributed by atoms with Gasteiger partial charge in [-0.1, -0.05) is 54.6 Å². The third-order valence-electron chi connectivity index (χ3n) is 3.82. The second-order valence-electron chi connectivity index (χ2n) is 5.77. The second-order valence-corrected chi connectivity index (χ2v) is 5.77. The molecule has 3 aromatic rings. The highest BCUT2D eigenvalue weighted by molar-refractivity contribution is 5.93. The summed E-state index contributed by atoms with van der Waals surface area (Å²) < 4.78 is 13.7. The van der Waals surface area contributed by atoms with Gasteiger partial charge < -0.3 is 10.6 Å². The van der Waals surface area contributed by atoms with E-state index in [0.29, 0.717) is 23.8 Å². The van der Waals surface area contributed by atoms with Crippen molar-refractivity contribution in [1.29, 1.82) is 0 Å². The molecule has 6 heteroatoms. The summed E-state index contributed by atoms with van der Waals surface area (Å²) in [5.41, 5.74) is 1.41. The number of anilines is 1. The van der Waals surface area contributed by atoms with Crippen LogP contribution in [-0.2, 0) is 6.54 Å². The Morgan fingerprint density at radius 1 is 1.07 bits per heavy atom. The van der Waals surface area contributed by atoms with Crippen molar-refractivity contribution in [3.05, 3.63) is 90.4 Å². The van der Waals surface area contributed by atoms with Crippen LogP contribution in [0, 0.1) is 5.82 Å². The molecular weight excluding hydrogens is 343 g/mol. The average Bonchev–Trinajstić information content (AvgIpc) is 2.72. The number of halogens is 1. The van der Waals surface area contributed by atoms with Gasteiger partial charge in [0.25, 0.3) is 5.91 Å². The van der Waals surface area contributed by atoms with E-state index >= 15 is 0 Å². The highest BCUT2D eigenvalue weighted by Crippen LogP contribution is 2.18. The molecule has 0 aliphatic heterocycles. The van der Waals surface area contributed by atoms with Gasteiger partial charge in [0.15, 0.2) is 5.82 Å². The van der Waals surface area contributed by atoms with Crippen LogP contribution >= 0.6 is 0 Å². The predicted molar refractivity (Wildman–Crippen MR) is 104 cm³/mol. The molecular formula is C21H19FN4O. The number of nitrogens with zero attached hydrogens (tertiary/aromatic N) is 2. The SMILES string of the molecule is C=CCNc1cc(C(=O)NCc2ccccc2F)nc(-c2ccccc2)n1. The Morgan fingerprint density at radius 2 is 1.81 bits per heavy atom. The molecule has 1 heterocycles. The first-order valence-electron chi connectivity index (χ1n) is 8.48. The standard InChI is InChI=1S/C21H19FN4O/c1-2-12-23-19-13-18(25-20(26-19)15-8-4-3-5-9-15)21(27)24-14-16-10-6-7-11-17(16)22/h2-11,13H,1,12,14H2,(H,24,27)(H,23,25,26). The average molecular weight is 362 g/mol. The Balaban J connectivity index is 1.85. The number of nitrogens with one attached hydrogen (secondary N) is 2. The summed E-state index contributed by atoms with van der Waals surface area (Å²) >= 11 is 0. The molecule has 27 heavy (non-hydrogen) atoms. The van der Waals surface area contributed by atoms with Crippen LogP contribution in [0.15, 0.2) is 73.3 Å².